The summed E-state index contributed by atoms with van der Waals surface area (Å²) in [7, 11) is -9.32. The molecule has 2 heterocycles. The lowest BCUT2D eigenvalue weighted by molar-refractivity contribution is 0.0191. The van der Waals surface area contributed by atoms with Crippen LogP contribution >= 0.6 is 19.4 Å². The molecule has 0 aliphatic heterocycles. The van der Waals surface area contributed by atoms with Gasteiger partial charge in [0, 0.05) is 29.4 Å². The Kier molecular flexibility index (Phi) is 9.53. The Hall–Kier alpha value is -4.57. The quantitative estimate of drug-likeness (QED) is 0.0882. The van der Waals surface area contributed by atoms with Crippen molar-refractivity contribution >= 4 is 57.8 Å². The lowest BCUT2D eigenvalue weighted by atomic mass is 10.1. The fourth-order valence-electron chi connectivity index (χ4n) is 4.13. The van der Waals surface area contributed by atoms with Crippen molar-refractivity contribution in [2.24, 2.45) is 0 Å². The van der Waals surface area contributed by atoms with Gasteiger partial charge in [-0.25, -0.2) is 36.7 Å². The molecule has 3 aromatic carbocycles. The summed E-state index contributed by atoms with van der Waals surface area (Å²) in [4.78, 5) is 39.1. The van der Waals surface area contributed by atoms with Crippen molar-refractivity contribution in [1.82, 2.24) is 14.9 Å². The Labute approximate surface area is 290 Å². The molecule has 0 saturated carbocycles. The number of anilines is 2. The van der Waals surface area contributed by atoms with Crippen LogP contribution in [0.4, 0.5) is 20.7 Å². The fourth-order valence-corrected chi connectivity index (χ4v) is 4.92. The van der Waals surface area contributed by atoms with E-state index in [9.17, 15) is 22.2 Å². The van der Waals surface area contributed by atoms with Gasteiger partial charge >= 0.3 is 13.9 Å². The number of rotatable bonds is 14. The van der Waals surface area contributed by atoms with Gasteiger partial charge < -0.3 is 29.0 Å². The molecule has 3 N–H and O–H groups in total. The zero-order chi connectivity index (χ0) is 38.8. The molecule has 2 aromatic heterocycles. The first-order valence-electron chi connectivity index (χ1n) is 15.9. The molecule has 18 heteroatoms. The number of hydrogen-bond acceptors (Lipinski definition) is 11. The van der Waals surface area contributed by atoms with E-state index < -0.39 is 60.9 Å². The van der Waals surface area contributed by atoms with E-state index in [2.05, 4.69) is 24.5 Å². The molecule has 0 fully saturated rings. The number of phosphoric acid groups is 1. The zero-order valence-corrected chi connectivity index (χ0v) is 27.7. The van der Waals surface area contributed by atoms with Crippen LogP contribution in [-0.4, -0.2) is 64.5 Å². The Morgan fingerprint density at radius 2 is 1.94 bits per heavy atom. The molecule has 0 aliphatic carbocycles. The molecule has 0 spiro atoms. The van der Waals surface area contributed by atoms with Crippen LogP contribution in [0.15, 0.2) is 83.5 Å². The van der Waals surface area contributed by atoms with Crippen molar-refractivity contribution in [3.05, 3.63) is 101 Å². The molecule has 14 nitrogen and oxygen atoms in total. The van der Waals surface area contributed by atoms with Crippen LogP contribution in [0, 0.1) is 5.82 Å². The van der Waals surface area contributed by atoms with Crippen molar-refractivity contribution < 1.29 is 55.9 Å². The third-order valence-corrected chi connectivity index (χ3v) is 7.69. The topological polar surface area (TPSA) is 191 Å². The van der Waals surface area contributed by atoms with Crippen LogP contribution in [0.1, 0.15) is 16.8 Å². The highest BCUT2D eigenvalue weighted by Crippen LogP contribution is 2.36. The third-order valence-electron chi connectivity index (χ3n) is 6.30. The molecule has 0 aliphatic rings. The Morgan fingerprint density at radius 1 is 1.12 bits per heavy atom. The number of carbonyl (C=O) groups is 1. The Morgan fingerprint density at radius 3 is 2.67 bits per heavy atom. The van der Waals surface area contributed by atoms with Crippen LogP contribution in [0.3, 0.4) is 0 Å². The summed E-state index contributed by atoms with van der Waals surface area (Å²) in [5, 5.41) is 3.89. The van der Waals surface area contributed by atoms with Crippen LogP contribution in [0.5, 0.6) is 5.75 Å². The van der Waals surface area contributed by atoms with Gasteiger partial charge in [0.1, 0.15) is 51.7 Å². The number of furan rings is 1. The average Bonchev–Trinajstić information content (AvgIpc) is 3.54. The maximum Gasteiger partial charge on any atom is 0.472 e. The smallest absolute Gasteiger partial charge is 0.472 e. The highest BCUT2D eigenvalue weighted by molar-refractivity contribution is 7.90. The number of aromatic nitrogens is 2. The van der Waals surface area contributed by atoms with Crippen molar-refractivity contribution in [1.29, 1.82) is 0 Å². The van der Waals surface area contributed by atoms with Crippen LogP contribution in [0.2, 0.25) is 5.02 Å². The number of nitrogens with zero attached hydrogens (tertiary/aromatic N) is 3. The molecular weight excluding hydrogens is 706 g/mol. The molecule has 5 aromatic rings. The van der Waals surface area contributed by atoms with Crippen molar-refractivity contribution in [3.8, 4) is 17.1 Å². The number of hydrogen-bond donors (Lipinski definition) is 3. The number of fused-ring (bicyclic) bond motifs is 1. The monoisotopic (exact) mass is 738 g/mol. The van der Waals surface area contributed by atoms with Gasteiger partial charge in [-0.3, -0.25) is 4.90 Å². The number of benzene rings is 3. The molecule has 258 valence electrons. The van der Waals surface area contributed by atoms with Gasteiger partial charge in [0.25, 0.3) is 0 Å². The second-order valence-electron chi connectivity index (χ2n) is 10.1. The predicted molar refractivity (Wildman–Crippen MR) is 177 cm³/mol. The number of ether oxygens (including phenoxy) is 2. The number of halogens is 2. The number of phosphoric ester groups is 1. The number of nitrogens with one attached hydrogen (secondary N) is 1. The first kappa shape index (κ1) is 30.5. The molecule has 5 rings (SSSR count). The predicted octanol–water partition coefficient (Wildman–Crippen LogP) is 6.05. The highest BCUT2D eigenvalue weighted by Gasteiger charge is 2.22. The summed E-state index contributed by atoms with van der Waals surface area (Å²) in [6, 6.07) is 18.1. The minimum Gasteiger partial charge on any atom is -0.487 e. The van der Waals surface area contributed by atoms with Gasteiger partial charge in [-0.2, -0.15) is 0 Å². The lowest BCUT2D eigenvalue weighted by Crippen LogP contribution is -2.35. The lowest BCUT2D eigenvalue weighted by Gasteiger charge is -2.20. The van der Waals surface area contributed by atoms with E-state index in [4.69, 9.17) is 36.0 Å². The van der Waals surface area contributed by atoms with E-state index in [-0.39, 0.29) is 22.3 Å². The largest absolute Gasteiger partial charge is 0.487 e. The minimum absolute atomic E-state index is 0.0326. The maximum absolute atomic E-state index is 13.5. The Bertz CT molecular complexity index is 2320. The maximum atomic E-state index is 13.5. The van der Waals surface area contributed by atoms with Gasteiger partial charge in [0.05, 0.1) is 28.3 Å². The van der Waals surface area contributed by atoms with Crippen LogP contribution in [0.25, 0.3) is 22.2 Å². The van der Waals surface area contributed by atoms with Crippen molar-refractivity contribution in [2.45, 2.75) is 13.1 Å². The van der Waals surface area contributed by atoms with Gasteiger partial charge in [0.2, 0.25) is 6.79 Å². The Balaban J connectivity index is 1.40. The SMILES string of the molecule is [2H]C([2H])(CS(C)(=O)=O)N(C(=O)OCOP(=O)(O)O)C([2H])([2H])c1ccc(-c2ccc3ncnc(Nc4ccc(OCc5cccc(F)c5)c(Cl)c4)c3c2)o1. The van der Waals surface area contributed by atoms with E-state index in [0.717, 1.165) is 6.07 Å². The number of carbonyl (C=O) groups excluding carboxylic acids is 1. The van der Waals surface area contributed by atoms with E-state index in [1.54, 1.807) is 48.5 Å². The molecule has 0 atom stereocenters. The summed E-state index contributed by atoms with van der Waals surface area (Å²) in [5.74, 6) is -1.70. The summed E-state index contributed by atoms with van der Waals surface area (Å²) < 4.78 is 103. The molecule has 0 bridgehead atoms. The molecule has 0 saturated heterocycles. The van der Waals surface area contributed by atoms with E-state index >= 15 is 0 Å². The number of sulfone groups is 1. The standard InChI is InChI=1S/C31H29ClFN4O10PS/c1-49(42,43)12-11-37(31(38)45-19-46-48(39,40)41)16-24-7-10-28(47-24)21-5-8-27-25(14-21)30(35-18-34-27)36-23-6-9-29(26(32)15-23)44-17-20-3-2-4-22(33)13-20/h2-10,13-15,18H,11-12,16-17,19H2,1H3,(H,34,35,36)(H2,39,40,41)/i11D2,16D2. The summed E-state index contributed by atoms with van der Waals surface area (Å²) in [6.07, 6.45) is 0.138. The number of amides is 1. The van der Waals surface area contributed by atoms with E-state index in [0.29, 0.717) is 45.5 Å². The van der Waals surface area contributed by atoms with E-state index in [1.807, 2.05) is 0 Å². The normalized spacial score (nSPS) is 13.6. The molecule has 0 radical (unpaired) electrons. The summed E-state index contributed by atoms with van der Waals surface area (Å²) >= 11 is 6.46. The zero-order valence-electron chi connectivity index (χ0n) is 29.2. The molecular formula is C31H29ClFN4O10PS. The van der Waals surface area contributed by atoms with Gasteiger partial charge in [-0.05, 0) is 66.2 Å². The second-order valence-corrected chi connectivity index (χ2v) is 13.9. The van der Waals surface area contributed by atoms with Gasteiger partial charge in [0.15, 0.2) is 0 Å². The van der Waals surface area contributed by atoms with Gasteiger partial charge in [-0.15, -0.1) is 0 Å². The molecule has 1 amide bonds. The third kappa shape index (κ3) is 10.5. The average molecular weight is 739 g/mol. The summed E-state index contributed by atoms with van der Waals surface area (Å²) in [5.41, 5.74) is 1.99. The molecule has 0 unspecified atom stereocenters. The first-order chi connectivity index (χ1) is 24.7. The van der Waals surface area contributed by atoms with Crippen molar-refractivity contribution in [2.75, 3.05) is 30.6 Å². The van der Waals surface area contributed by atoms with Crippen LogP contribution in [-0.2, 0) is 36.8 Å². The van der Waals surface area contributed by atoms with E-state index in [1.165, 1.54) is 24.5 Å². The van der Waals surface area contributed by atoms with Crippen molar-refractivity contribution in [3.63, 3.8) is 0 Å². The minimum atomic E-state index is -5.15. The van der Waals surface area contributed by atoms with Gasteiger partial charge in [-0.1, -0.05) is 23.7 Å². The molecule has 49 heavy (non-hydrogen) atoms. The summed E-state index contributed by atoms with van der Waals surface area (Å²) in [6.45, 7) is -7.82. The highest BCUT2D eigenvalue weighted by atomic mass is 35.5. The first-order valence-corrected chi connectivity index (χ1v) is 17.8. The van der Waals surface area contributed by atoms with Crippen LogP contribution < -0.4 is 10.1 Å². The fraction of sp³-hybridized carbons (Fsp3) is 0.194. The second kappa shape index (κ2) is 15.3.